The minimum Gasteiger partial charge on any atom is -0.440 e. The van der Waals surface area contributed by atoms with Gasteiger partial charge in [0.15, 0.2) is 0 Å². The van der Waals surface area contributed by atoms with Crippen LogP contribution in [-0.4, -0.2) is 35.6 Å². The van der Waals surface area contributed by atoms with Gasteiger partial charge in [-0.3, -0.25) is 4.90 Å². The highest BCUT2D eigenvalue weighted by Gasteiger charge is 2.23. The minimum atomic E-state index is 0. The number of aryl methyl sites for hydroxylation is 1. The van der Waals surface area contributed by atoms with Gasteiger partial charge in [0.25, 0.3) is 0 Å². The average Bonchev–Trinajstić information content (AvgIpc) is 3.18. The van der Waals surface area contributed by atoms with Crippen LogP contribution >= 0.6 is 23.7 Å². The maximum absolute atomic E-state index is 5.89. The van der Waals surface area contributed by atoms with Gasteiger partial charge in [-0.05, 0) is 57.3 Å². The molecule has 2 aromatic rings. The lowest BCUT2D eigenvalue weighted by molar-refractivity contribution is 0.152. The maximum atomic E-state index is 5.89. The lowest BCUT2D eigenvalue weighted by Gasteiger charge is -2.34. The van der Waals surface area contributed by atoms with E-state index >= 15 is 0 Å². The molecule has 0 unspecified atom stereocenters. The molecule has 0 radical (unpaired) electrons. The predicted octanol–water partition coefficient (Wildman–Crippen LogP) is 4.10. The summed E-state index contributed by atoms with van der Waals surface area (Å²) >= 11 is 1.68. The number of nitrogens with one attached hydrogen (secondary N) is 1. The number of hydrogen-bond acceptors (Lipinski definition) is 5. The van der Waals surface area contributed by atoms with Crippen molar-refractivity contribution in [3.8, 4) is 10.8 Å². The van der Waals surface area contributed by atoms with Crippen LogP contribution < -0.4 is 5.32 Å². The second-order valence-electron chi connectivity index (χ2n) is 5.95. The maximum Gasteiger partial charge on any atom is 0.236 e. The lowest BCUT2D eigenvalue weighted by Crippen LogP contribution is -2.43. The molecule has 0 aromatic carbocycles. The van der Waals surface area contributed by atoms with E-state index in [4.69, 9.17) is 9.40 Å². The molecule has 1 fully saturated rings. The summed E-state index contributed by atoms with van der Waals surface area (Å²) in [5.41, 5.74) is 1.09. The summed E-state index contributed by atoms with van der Waals surface area (Å²) in [7, 11) is 0. The van der Waals surface area contributed by atoms with Crippen LogP contribution in [0.5, 0.6) is 0 Å². The average molecular weight is 356 g/mol. The van der Waals surface area contributed by atoms with E-state index < -0.39 is 0 Å². The first-order valence-corrected chi connectivity index (χ1v) is 9.11. The quantitative estimate of drug-likeness (QED) is 0.847. The van der Waals surface area contributed by atoms with Crippen LogP contribution in [0.2, 0.25) is 0 Å². The van der Waals surface area contributed by atoms with Crippen LogP contribution in [-0.2, 0) is 6.54 Å². The van der Waals surface area contributed by atoms with E-state index in [0.29, 0.717) is 6.04 Å². The summed E-state index contributed by atoms with van der Waals surface area (Å²) in [6.45, 7) is 8.57. The van der Waals surface area contributed by atoms with E-state index in [0.717, 1.165) is 48.4 Å². The molecular weight excluding hydrogens is 330 g/mol. The molecule has 4 nitrogen and oxygen atoms in total. The van der Waals surface area contributed by atoms with Gasteiger partial charge in [-0.15, -0.1) is 23.7 Å². The fourth-order valence-electron chi connectivity index (χ4n) is 3.12. The Morgan fingerprint density at radius 3 is 2.83 bits per heavy atom. The summed E-state index contributed by atoms with van der Waals surface area (Å²) in [5.74, 6) is 1.72. The molecule has 1 saturated heterocycles. The van der Waals surface area contributed by atoms with E-state index in [-0.39, 0.29) is 12.4 Å². The number of piperidine rings is 1. The highest BCUT2D eigenvalue weighted by molar-refractivity contribution is 7.13. The van der Waals surface area contributed by atoms with Crippen molar-refractivity contribution in [3.05, 3.63) is 29.0 Å². The molecule has 1 aliphatic heterocycles. The highest BCUT2D eigenvalue weighted by atomic mass is 35.5. The van der Waals surface area contributed by atoms with Gasteiger partial charge in [-0.2, -0.15) is 0 Å². The van der Waals surface area contributed by atoms with Crippen molar-refractivity contribution in [2.75, 3.05) is 19.6 Å². The normalized spacial score (nSPS) is 15.8. The van der Waals surface area contributed by atoms with Crippen molar-refractivity contribution in [2.24, 2.45) is 0 Å². The molecule has 0 aliphatic carbocycles. The Hall–Kier alpha value is -0.880. The number of halogens is 1. The van der Waals surface area contributed by atoms with Crippen LogP contribution in [0.4, 0.5) is 0 Å². The number of rotatable bonds is 6. The zero-order chi connectivity index (χ0) is 15.4. The second kappa shape index (κ2) is 8.83. The van der Waals surface area contributed by atoms with Gasteiger partial charge in [-0.25, -0.2) is 4.98 Å². The van der Waals surface area contributed by atoms with Crippen molar-refractivity contribution in [1.29, 1.82) is 0 Å². The third kappa shape index (κ3) is 4.57. The Balaban J connectivity index is 0.00000192. The topological polar surface area (TPSA) is 41.3 Å². The van der Waals surface area contributed by atoms with Crippen molar-refractivity contribution in [2.45, 2.75) is 45.7 Å². The number of aromatic nitrogens is 1. The van der Waals surface area contributed by atoms with Crippen LogP contribution in [0.15, 0.2) is 21.9 Å². The van der Waals surface area contributed by atoms with Gasteiger partial charge in [0.05, 0.1) is 10.6 Å². The second-order valence-corrected chi connectivity index (χ2v) is 6.90. The number of nitrogens with zero attached hydrogens (tertiary/aromatic N) is 2. The van der Waals surface area contributed by atoms with Crippen molar-refractivity contribution >= 4 is 23.7 Å². The molecule has 3 rings (SSSR count). The van der Waals surface area contributed by atoms with Crippen LogP contribution in [0.1, 0.15) is 37.6 Å². The Bertz CT molecular complexity index is 579. The predicted molar refractivity (Wildman–Crippen MR) is 98.4 cm³/mol. The SMILES string of the molecule is CCCN(Cc1nc(-c2cccs2)oc1C)C1CCNCC1.Cl. The molecule has 3 heterocycles. The molecule has 128 valence electrons. The summed E-state index contributed by atoms with van der Waals surface area (Å²) < 4.78 is 5.89. The first-order valence-electron chi connectivity index (χ1n) is 8.23. The molecule has 2 aromatic heterocycles. The molecule has 0 atom stereocenters. The van der Waals surface area contributed by atoms with E-state index in [1.165, 1.54) is 19.3 Å². The van der Waals surface area contributed by atoms with E-state index in [2.05, 4.69) is 28.6 Å². The molecule has 0 spiro atoms. The van der Waals surface area contributed by atoms with Crippen LogP contribution in [0.25, 0.3) is 10.8 Å². The Labute approximate surface area is 148 Å². The lowest BCUT2D eigenvalue weighted by atomic mass is 10.0. The molecule has 0 saturated carbocycles. The minimum absolute atomic E-state index is 0. The molecule has 6 heteroatoms. The summed E-state index contributed by atoms with van der Waals surface area (Å²) in [6, 6.07) is 4.77. The molecule has 1 N–H and O–H groups in total. The fourth-order valence-corrected chi connectivity index (χ4v) is 3.77. The number of oxazole rings is 1. The largest absolute Gasteiger partial charge is 0.440 e. The van der Waals surface area contributed by atoms with Gasteiger partial charge in [0.2, 0.25) is 5.89 Å². The Morgan fingerprint density at radius 2 is 2.17 bits per heavy atom. The van der Waals surface area contributed by atoms with E-state index in [9.17, 15) is 0 Å². The molecule has 23 heavy (non-hydrogen) atoms. The third-order valence-electron chi connectivity index (χ3n) is 4.31. The first-order chi connectivity index (χ1) is 10.8. The van der Waals surface area contributed by atoms with E-state index in [1.54, 1.807) is 11.3 Å². The Kier molecular flexibility index (Phi) is 7.09. The molecule has 1 aliphatic rings. The molecule has 0 bridgehead atoms. The smallest absolute Gasteiger partial charge is 0.236 e. The van der Waals surface area contributed by atoms with Gasteiger partial charge >= 0.3 is 0 Å². The fraction of sp³-hybridized carbons (Fsp3) is 0.588. The third-order valence-corrected chi connectivity index (χ3v) is 5.17. The zero-order valence-corrected chi connectivity index (χ0v) is 15.5. The van der Waals surface area contributed by atoms with Gasteiger partial charge in [-0.1, -0.05) is 13.0 Å². The van der Waals surface area contributed by atoms with E-state index in [1.807, 2.05) is 13.0 Å². The van der Waals surface area contributed by atoms with Crippen molar-refractivity contribution in [3.63, 3.8) is 0 Å². The first kappa shape index (κ1) is 18.5. The highest BCUT2D eigenvalue weighted by Crippen LogP contribution is 2.27. The number of thiophene rings is 1. The summed E-state index contributed by atoms with van der Waals surface area (Å²) in [4.78, 5) is 8.45. The van der Waals surface area contributed by atoms with Crippen molar-refractivity contribution < 1.29 is 4.42 Å². The Morgan fingerprint density at radius 1 is 1.39 bits per heavy atom. The standard InChI is InChI=1S/C17H25N3OS.ClH/c1-3-10-20(14-6-8-18-9-7-14)12-15-13(2)21-17(19-15)16-5-4-11-22-16;/h4-5,11,14,18H,3,6-10,12H2,1-2H3;1H. The van der Waals surface area contributed by atoms with Gasteiger partial charge < -0.3 is 9.73 Å². The molecular formula is C17H26ClN3OS. The summed E-state index contributed by atoms with van der Waals surface area (Å²) in [5, 5.41) is 5.51. The van der Waals surface area contributed by atoms with Crippen molar-refractivity contribution in [1.82, 2.24) is 15.2 Å². The number of hydrogen-bond donors (Lipinski definition) is 1. The molecule has 0 amide bonds. The summed E-state index contributed by atoms with van der Waals surface area (Å²) in [6.07, 6.45) is 3.64. The zero-order valence-electron chi connectivity index (χ0n) is 13.9. The van der Waals surface area contributed by atoms with Crippen LogP contribution in [0.3, 0.4) is 0 Å². The monoisotopic (exact) mass is 355 g/mol. The van der Waals surface area contributed by atoms with Gasteiger partial charge in [0, 0.05) is 12.6 Å². The van der Waals surface area contributed by atoms with Gasteiger partial charge in [0.1, 0.15) is 5.76 Å². The van der Waals surface area contributed by atoms with Crippen LogP contribution in [0, 0.1) is 6.92 Å².